The van der Waals surface area contributed by atoms with Crippen molar-refractivity contribution in [2.24, 2.45) is 0 Å². The molecule has 12 rings (SSSR count). The Morgan fingerprint density at radius 2 is 0.867 bits per heavy atom. The molecule has 60 heavy (non-hydrogen) atoms. The van der Waals surface area contributed by atoms with Gasteiger partial charge in [0.05, 0.1) is 16.7 Å². The van der Waals surface area contributed by atoms with E-state index < -0.39 is 0 Å². The lowest BCUT2D eigenvalue weighted by Crippen LogP contribution is -2.01. The minimum atomic E-state index is 0.577. The van der Waals surface area contributed by atoms with E-state index in [1.165, 1.54) is 38.2 Å². The molecule has 0 atom stereocenters. The first-order chi connectivity index (χ1) is 29.7. The maximum absolute atomic E-state index is 6.71. The molecule has 3 aromatic heterocycles. The summed E-state index contributed by atoms with van der Waals surface area (Å²) in [6.45, 7) is 0. The van der Waals surface area contributed by atoms with Gasteiger partial charge in [0, 0.05) is 44.3 Å². The molecule has 0 bridgehead atoms. The van der Waals surface area contributed by atoms with Crippen LogP contribution >= 0.6 is 0 Å². The molecule has 0 amide bonds. The summed E-state index contributed by atoms with van der Waals surface area (Å²) in [7, 11) is 0. The average Bonchev–Trinajstić information content (AvgIpc) is 3.88. The molecule has 0 saturated carbocycles. The molecule has 0 fully saturated rings. The largest absolute Gasteiger partial charge is 0.456 e. The van der Waals surface area contributed by atoms with Crippen molar-refractivity contribution in [1.29, 1.82) is 0 Å². The minimum absolute atomic E-state index is 0.577. The lowest BCUT2D eigenvalue weighted by Gasteiger charge is -2.13. The molecule has 12 aromatic rings. The van der Waals surface area contributed by atoms with Crippen LogP contribution in [-0.2, 0) is 0 Å². The van der Waals surface area contributed by atoms with Gasteiger partial charge in [0.15, 0.2) is 17.5 Å². The highest BCUT2D eigenvalue weighted by atomic mass is 16.3. The Bertz CT molecular complexity index is 3520. The predicted molar refractivity (Wildman–Crippen MR) is 246 cm³/mol. The molecule has 0 N–H and O–H groups in total. The van der Waals surface area contributed by atoms with Crippen molar-refractivity contribution in [2.45, 2.75) is 0 Å². The summed E-state index contributed by atoms with van der Waals surface area (Å²) in [5.41, 5.74) is 12.2. The zero-order chi connectivity index (χ0) is 39.6. The molecular weight excluding hydrogens is 733 g/mol. The van der Waals surface area contributed by atoms with Crippen LogP contribution in [0.2, 0.25) is 0 Å². The van der Waals surface area contributed by atoms with Crippen molar-refractivity contribution in [1.82, 2.24) is 19.5 Å². The van der Waals surface area contributed by atoms with Crippen LogP contribution in [0.3, 0.4) is 0 Å². The average molecular weight is 767 g/mol. The molecule has 0 aliphatic heterocycles. The van der Waals surface area contributed by atoms with Crippen LogP contribution in [0.4, 0.5) is 0 Å². The highest BCUT2D eigenvalue weighted by Gasteiger charge is 2.22. The SMILES string of the molecule is c1ccc(-c2ccc(-c3ccc4c(c3)c3c5ccccc5ccc3n4-c3cc(-c4nc(-c5ccccc5)nc(-c5ccccc5)n4)c4c(c3)oc3ccccc34)cc2)cc1. The summed E-state index contributed by atoms with van der Waals surface area (Å²) >= 11 is 0. The van der Waals surface area contributed by atoms with Crippen LogP contribution < -0.4 is 0 Å². The number of furan rings is 1. The number of hydrogen-bond acceptors (Lipinski definition) is 4. The molecule has 0 aliphatic carbocycles. The third kappa shape index (κ3) is 5.59. The number of para-hydroxylation sites is 1. The fourth-order valence-corrected chi connectivity index (χ4v) is 8.81. The van der Waals surface area contributed by atoms with Crippen LogP contribution in [0.5, 0.6) is 0 Å². The van der Waals surface area contributed by atoms with Crippen LogP contribution in [0.15, 0.2) is 211 Å². The van der Waals surface area contributed by atoms with Gasteiger partial charge in [-0.05, 0) is 63.4 Å². The van der Waals surface area contributed by atoms with E-state index in [9.17, 15) is 0 Å². The van der Waals surface area contributed by atoms with E-state index in [4.69, 9.17) is 19.4 Å². The quantitative estimate of drug-likeness (QED) is 0.169. The second-order valence-corrected chi connectivity index (χ2v) is 15.2. The maximum Gasteiger partial charge on any atom is 0.164 e. The third-order valence-electron chi connectivity index (χ3n) is 11.6. The Labute approximate surface area is 345 Å². The van der Waals surface area contributed by atoms with Gasteiger partial charge in [-0.15, -0.1) is 0 Å². The third-order valence-corrected chi connectivity index (χ3v) is 11.6. The van der Waals surface area contributed by atoms with Gasteiger partial charge in [-0.3, -0.25) is 0 Å². The topological polar surface area (TPSA) is 56.7 Å². The highest BCUT2D eigenvalue weighted by Crippen LogP contribution is 2.43. The second-order valence-electron chi connectivity index (χ2n) is 15.2. The zero-order valence-electron chi connectivity index (χ0n) is 32.3. The summed E-state index contributed by atoms with van der Waals surface area (Å²) in [6.07, 6.45) is 0. The van der Waals surface area contributed by atoms with Crippen LogP contribution in [0.1, 0.15) is 0 Å². The summed E-state index contributed by atoms with van der Waals surface area (Å²) in [5, 5.41) is 6.75. The van der Waals surface area contributed by atoms with E-state index in [0.29, 0.717) is 17.5 Å². The number of aromatic nitrogens is 4. The van der Waals surface area contributed by atoms with Gasteiger partial charge in [-0.1, -0.05) is 170 Å². The fraction of sp³-hybridized carbons (Fsp3) is 0. The van der Waals surface area contributed by atoms with Crippen molar-refractivity contribution in [3.8, 4) is 62.1 Å². The first-order valence-corrected chi connectivity index (χ1v) is 20.2. The van der Waals surface area contributed by atoms with E-state index >= 15 is 0 Å². The van der Waals surface area contributed by atoms with Gasteiger partial charge in [0.25, 0.3) is 0 Å². The molecule has 0 aliphatic rings. The van der Waals surface area contributed by atoms with Crippen molar-refractivity contribution < 1.29 is 4.42 Å². The molecule has 0 unspecified atom stereocenters. The monoisotopic (exact) mass is 766 g/mol. The maximum atomic E-state index is 6.71. The lowest BCUT2D eigenvalue weighted by atomic mass is 9.98. The second kappa shape index (κ2) is 13.8. The number of fused-ring (bicyclic) bond motifs is 8. The number of nitrogens with zero attached hydrogens (tertiary/aromatic N) is 4. The van der Waals surface area contributed by atoms with Gasteiger partial charge in [-0.2, -0.15) is 0 Å². The van der Waals surface area contributed by atoms with Crippen LogP contribution in [0, 0.1) is 0 Å². The zero-order valence-corrected chi connectivity index (χ0v) is 32.3. The number of benzene rings is 9. The van der Waals surface area contributed by atoms with E-state index in [-0.39, 0.29) is 0 Å². The van der Waals surface area contributed by atoms with E-state index in [1.54, 1.807) is 0 Å². The first-order valence-electron chi connectivity index (χ1n) is 20.2. The minimum Gasteiger partial charge on any atom is -0.456 e. The molecule has 5 heteroatoms. The summed E-state index contributed by atoms with van der Waals surface area (Å²) < 4.78 is 9.08. The standard InChI is InChI=1S/C55H34N4O/c1-4-14-35(15-5-1)36-24-26-37(27-25-36)41-29-30-47-45(32-41)51-43-21-11-10-16-38(43)28-31-48(51)59(47)42-33-46(52-44-22-12-13-23-49(44)60-50(52)34-42)55-57-53(39-17-6-2-7-18-39)56-54(58-55)40-19-8-3-9-20-40/h1-34H. The van der Waals surface area contributed by atoms with Crippen molar-refractivity contribution in [2.75, 3.05) is 0 Å². The molecule has 0 saturated heterocycles. The van der Waals surface area contributed by atoms with Gasteiger partial charge in [-0.25, -0.2) is 15.0 Å². The fourth-order valence-electron chi connectivity index (χ4n) is 8.81. The van der Waals surface area contributed by atoms with Gasteiger partial charge < -0.3 is 8.98 Å². The van der Waals surface area contributed by atoms with E-state index in [2.05, 4.69) is 138 Å². The summed E-state index contributed by atoms with van der Waals surface area (Å²) in [5.74, 6) is 1.80. The predicted octanol–water partition coefficient (Wildman–Crippen LogP) is 14.4. The summed E-state index contributed by atoms with van der Waals surface area (Å²) in [6, 6.07) is 72.2. The van der Waals surface area contributed by atoms with E-state index in [1.807, 2.05) is 72.8 Å². The molecule has 3 heterocycles. The summed E-state index contributed by atoms with van der Waals surface area (Å²) in [4.78, 5) is 15.5. The van der Waals surface area contributed by atoms with Gasteiger partial charge >= 0.3 is 0 Å². The molecular formula is C55H34N4O. The Kier molecular flexibility index (Phi) is 7.78. The van der Waals surface area contributed by atoms with E-state index in [0.717, 1.165) is 60.9 Å². The first kappa shape index (κ1) is 33.9. The molecule has 0 radical (unpaired) electrons. The smallest absolute Gasteiger partial charge is 0.164 e. The number of rotatable bonds is 6. The molecule has 280 valence electrons. The Morgan fingerprint density at radius 1 is 0.333 bits per heavy atom. The van der Waals surface area contributed by atoms with Crippen LogP contribution in [0.25, 0.3) is 117 Å². The Hall–Kier alpha value is -8.15. The van der Waals surface area contributed by atoms with Crippen LogP contribution in [-0.4, -0.2) is 19.5 Å². The normalized spacial score (nSPS) is 11.7. The Morgan fingerprint density at radius 3 is 1.57 bits per heavy atom. The van der Waals surface area contributed by atoms with Crippen molar-refractivity contribution in [3.63, 3.8) is 0 Å². The van der Waals surface area contributed by atoms with Gasteiger partial charge in [0.2, 0.25) is 0 Å². The highest BCUT2D eigenvalue weighted by molar-refractivity contribution is 6.22. The van der Waals surface area contributed by atoms with Crippen molar-refractivity contribution >= 4 is 54.5 Å². The lowest BCUT2D eigenvalue weighted by molar-refractivity contribution is 0.668. The van der Waals surface area contributed by atoms with Gasteiger partial charge in [0.1, 0.15) is 11.2 Å². The van der Waals surface area contributed by atoms with Crippen molar-refractivity contribution in [3.05, 3.63) is 206 Å². The molecule has 9 aromatic carbocycles. The Balaban J connectivity index is 1.12. The molecule has 0 spiro atoms. The number of hydrogen-bond donors (Lipinski definition) is 0. The molecule has 5 nitrogen and oxygen atoms in total.